The number of hydrogen-bond donors (Lipinski definition) is 0. The SMILES string of the molecule is CC1(I)C=CC=C(Cl)C1. The number of hydrogen-bond acceptors (Lipinski definition) is 0. The highest BCUT2D eigenvalue weighted by atomic mass is 127. The van der Waals surface area contributed by atoms with Crippen LogP contribution in [0.25, 0.3) is 0 Å². The second-order valence-electron chi connectivity index (χ2n) is 2.43. The zero-order valence-corrected chi connectivity index (χ0v) is 8.11. The van der Waals surface area contributed by atoms with Gasteiger partial charge in [-0.1, -0.05) is 46.3 Å². The van der Waals surface area contributed by atoms with Gasteiger partial charge in [-0.3, -0.25) is 0 Å². The summed E-state index contributed by atoms with van der Waals surface area (Å²) in [6.07, 6.45) is 7.09. The summed E-state index contributed by atoms with van der Waals surface area (Å²) in [4.78, 5) is 0. The summed E-state index contributed by atoms with van der Waals surface area (Å²) in [7, 11) is 0. The molecule has 0 aromatic rings. The van der Waals surface area contributed by atoms with Crippen molar-refractivity contribution in [2.24, 2.45) is 0 Å². The highest BCUT2D eigenvalue weighted by Crippen LogP contribution is 2.32. The molecule has 1 unspecified atom stereocenters. The fraction of sp³-hybridized carbons (Fsp3) is 0.429. The highest BCUT2D eigenvalue weighted by Gasteiger charge is 2.19. The van der Waals surface area contributed by atoms with E-state index in [1.54, 1.807) is 0 Å². The van der Waals surface area contributed by atoms with Crippen LogP contribution in [0.2, 0.25) is 0 Å². The molecule has 0 aliphatic heterocycles. The molecule has 0 nitrogen and oxygen atoms in total. The minimum absolute atomic E-state index is 0.240. The maximum absolute atomic E-state index is 5.81. The summed E-state index contributed by atoms with van der Waals surface area (Å²) in [5.74, 6) is 0. The van der Waals surface area contributed by atoms with Gasteiger partial charge < -0.3 is 0 Å². The summed E-state index contributed by atoms with van der Waals surface area (Å²) < 4.78 is 0.240. The maximum atomic E-state index is 5.81. The number of allylic oxidation sites excluding steroid dienone is 4. The zero-order chi connectivity index (χ0) is 6.91. The van der Waals surface area contributed by atoms with Crippen LogP contribution in [-0.4, -0.2) is 3.42 Å². The van der Waals surface area contributed by atoms with Gasteiger partial charge in [-0.2, -0.15) is 0 Å². The Kier molecular flexibility index (Phi) is 2.22. The topological polar surface area (TPSA) is 0 Å². The largest absolute Gasteiger partial charge is 0.0891 e. The predicted octanol–water partition coefficient (Wildman–Crippen LogP) is 3.26. The van der Waals surface area contributed by atoms with Crippen LogP contribution in [-0.2, 0) is 0 Å². The molecule has 1 atom stereocenters. The molecule has 0 aromatic heterocycles. The molecule has 0 aromatic carbocycles. The average Bonchev–Trinajstić information content (AvgIpc) is 1.60. The Bertz CT molecular complexity index is 168. The van der Waals surface area contributed by atoms with Crippen LogP contribution in [0.3, 0.4) is 0 Å². The Morgan fingerprint density at radius 3 is 2.78 bits per heavy atom. The van der Waals surface area contributed by atoms with E-state index in [1.807, 2.05) is 12.2 Å². The lowest BCUT2D eigenvalue weighted by Gasteiger charge is -2.19. The van der Waals surface area contributed by atoms with Crippen molar-refractivity contribution in [3.05, 3.63) is 23.3 Å². The molecule has 0 bridgehead atoms. The first-order chi connectivity index (χ1) is 4.10. The van der Waals surface area contributed by atoms with Crippen LogP contribution in [0, 0.1) is 0 Å². The molecule has 2 heteroatoms. The van der Waals surface area contributed by atoms with E-state index in [0.29, 0.717) is 0 Å². The molecule has 0 fully saturated rings. The van der Waals surface area contributed by atoms with Crippen LogP contribution in [0.15, 0.2) is 23.3 Å². The predicted molar refractivity (Wildman–Crippen MR) is 50.1 cm³/mol. The van der Waals surface area contributed by atoms with Crippen molar-refractivity contribution < 1.29 is 0 Å². The van der Waals surface area contributed by atoms with E-state index >= 15 is 0 Å². The minimum atomic E-state index is 0.240. The first-order valence-electron chi connectivity index (χ1n) is 2.83. The number of rotatable bonds is 0. The standard InChI is InChI=1S/C7H8ClI/c1-7(9)4-2-3-6(8)5-7/h2-4H,5H2,1H3. The molecule has 0 amide bonds. The first-order valence-corrected chi connectivity index (χ1v) is 4.29. The monoisotopic (exact) mass is 254 g/mol. The molecule has 1 aliphatic rings. The Morgan fingerprint density at radius 1 is 1.78 bits per heavy atom. The summed E-state index contributed by atoms with van der Waals surface area (Å²) in [5, 5.41) is 0.953. The Hall–Kier alpha value is 0.500. The normalized spacial score (nSPS) is 34.3. The highest BCUT2D eigenvalue weighted by molar-refractivity contribution is 14.1. The molecule has 0 N–H and O–H groups in total. The van der Waals surface area contributed by atoms with Crippen LogP contribution in [0.5, 0.6) is 0 Å². The second kappa shape index (κ2) is 2.62. The third-order valence-electron chi connectivity index (χ3n) is 1.24. The van der Waals surface area contributed by atoms with Crippen molar-refractivity contribution in [1.29, 1.82) is 0 Å². The van der Waals surface area contributed by atoms with Crippen molar-refractivity contribution >= 4 is 34.2 Å². The van der Waals surface area contributed by atoms with Crippen molar-refractivity contribution in [2.75, 3.05) is 0 Å². The van der Waals surface area contributed by atoms with E-state index in [2.05, 4.69) is 35.6 Å². The fourth-order valence-corrected chi connectivity index (χ4v) is 2.00. The maximum Gasteiger partial charge on any atom is 0.0424 e. The van der Waals surface area contributed by atoms with Crippen LogP contribution < -0.4 is 0 Å². The van der Waals surface area contributed by atoms with Crippen molar-refractivity contribution in [1.82, 2.24) is 0 Å². The van der Waals surface area contributed by atoms with E-state index in [1.165, 1.54) is 0 Å². The Morgan fingerprint density at radius 2 is 2.44 bits per heavy atom. The van der Waals surface area contributed by atoms with E-state index in [-0.39, 0.29) is 3.42 Å². The lowest BCUT2D eigenvalue weighted by molar-refractivity contribution is 0.825. The average molecular weight is 254 g/mol. The third kappa shape index (κ3) is 2.30. The summed E-state index contributed by atoms with van der Waals surface area (Å²) >= 11 is 8.20. The van der Waals surface area contributed by atoms with Gasteiger partial charge in [0, 0.05) is 14.9 Å². The molecule has 1 aliphatic carbocycles. The van der Waals surface area contributed by atoms with E-state index in [9.17, 15) is 0 Å². The summed E-state index contributed by atoms with van der Waals surface area (Å²) in [6.45, 7) is 2.17. The molecule has 0 spiro atoms. The molecule has 0 heterocycles. The number of halogens is 2. The third-order valence-corrected chi connectivity index (χ3v) is 2.24. The van der Waals surface area contributed by atoms with Gasteiger partial charge in [0.05, 0.1) is 0 Å². The molecule has 9 heavy (non-hydrogen) atoms. The van der Waals surface area contributed by atoms with Gasteiger partial charge in [0.1, 0.15) is 0 Å². The van der Waals surface area contributed by atoms with E-state index < -0.39 is 0 Å². The second-order valence-corrected chi connectivity index (χ2v) is 5.38. The first kappa shape index (κ1) is 7.61. The Labute approximate surface area is 74.1 Å². The molecule has 0 saturated heterocycles. The Balaban J connectivity index is 2.73. The van der Waals surface area contributed by atoms with Gasteiger partial charge in [-0.25, -0.2) is 0 Å². The van der Waals surface area contributed by atoms with Gasteiger partial charge in [-0.15, -0.1) is 0 Å². The molecule has 0 radical (unpaired) electrons. The van der Waals surface area contributed by atoms with Crippen molar-refractivity contribution in [3.63, 3.8) is 0 Å². The zero-order valence-electron chi connectivity index (χ0n) is 5.20. The fourth-order valence-electron chi connectivity index (χ4n) is 0.801. The molecule has 1 rings (SSSR count). The quantitative estimate of drug-likeness (QED) is 0.460. The van der Waals surface area contributed by atoms with Crippen molar-refractivity contribution in [3.8, 4) is 0 Å². The van der Waals surface area contributed by atoms with Gasteiger partial charge in [0.15, 0.2) is 0 Å². The molecule has 50 valence electrons. The molecular formula is C7H8ClI. The van der Waals surface area contributed by atoms with Gasteiger partial charge in [-0.05, 0) is 13.0 Å². The van der Waals surface area contributed by atoms with Gasteiger partial charge in [0.2, 0.25) is 0 Å². The van der Waals surface area contributed by atoms with Crippen LogP contribution >= 0.6 is 34.2 Å². The lowest BCUT2D eigenvalue weighted by Crippen LogP contribution is -2.12. The smallest absolute Gasteiger partial charge is 0.0424 e. The number of alkyl halides is 1. The van der Waals surface area contributed by atoms with Crippen LogP contribution in [0.4, 0.5) is 0 Å². The molecule has 0 saturated carbocycles. The van der Waals surface area contributed by atoms with Gasteiger partial charge in [0.25, 0.3) is 0 Å². The van der Waals surface area contributed by atoms with E-state index in [0.717, 1.165) is 11.5 Å². The summed E-state index contributed by atoms with van der Waals surface area (Å²) in [6, 6.07) is 0. The van der Waals surface area contributed by atoms with Crippen molar-refractivity contribution in [2.45, 2.75) is 16.8 Å². The molecular weight excluding hydrogens is 246 g/mol. The summed E-state index contributed by atoms with van der Waals surface area (Å²) in [5.41, 5.74) is 0. The van der Waals surface area contributed by atoms with Gasteiger partial charge >= 0.3 is 0 Å². The van der Waals surface area contributed by atoms with E-state index in [4.69, 9.17) is 11.6 Å². The van der Waals surface area contributed by atoms with Crippen LogP contribution in [0.1, 0.15) is 13.3 Å². The lowest BCUT2D eigenvalue weighted by atomic mass is 10.0. The minimum Gasteiger partial charge on any atom is -0.0891 e.